The van der Waals surface area contributed by atoms with Crippen molar-refractivity contribution < 1.29 is 14.6 Å². The zero-order valence-corrected chi connectivity index (χ0v) is 17.3. The predicted octanol–water partition coefficient (Wildman–Crippen LogP) is 2.93. The Morgan fingerprint density at radius 3 is 2.67 bits per heavy atom. The van der Waals surface area contributed by atoms with E-state index in [9.17, 15) is 14.7 Å². The zero-order chi connectivity index (χ0) is 21.3. The third kappa shape index (κ3) is 3.52. The van der Waals surface area contributed by atoms with E-state index in [4.69, 9.17) is 4.74 Å². The summed E-state index contributed by atoms with van der Waals surface area (Å²) < 4.78 is 8.46. The molecule has 1 aliphatic carbocycles. The molecule has 0 radical (unpaired) electrons. The Morgan fingerprint density at radius 2 is 1.97 bits per heavy atom. The number of esters is 1. The SMILES string of the molecule is CCOC(=O)c1cn(CC)c2ccc(-n3cc(C4(O)CCCCC4)nn3)cc2c1=O. The number of hydrogen-bond acceptors (Lipinski definition) is 6. The van der Waals surface area contributed by atoms with Gasteiger partial charge in [0.25, 0.3) is 0 Å². The molecule has 1 fully saturated rings. The maximum atomic E-state index is 13.0. The van der Waals surface area contributed by atoms with Crippen molar-refractivity contribution in [3.05, 3.63) is 52.1 Å². The van der Waals surface area contributed by atoms with Crippen LogP contribution >= 0.6 is 0 Å². The van der Waals surface area contributed by atoms with Crippen molar-refractivity contribution in [2.75, 3.05) is 6.61 Å². The van der Waals surface area contributed by atoms with E-state index < -0.39 is 11.6 Å². The van der Waals surface area contributed by atoms with Crippen LogP contribution in [0, 0.1) is 0 Å². The minimum Gasteiger partial charge on any atom is -0.462 e. The van der Waals surface area contributed by atoms with Crippen LogP contribution < -0.4 is 5.43 Å². The van der Waals surface area contributed by atoms with Crippen molar-refractivity contribution in [2.24, 2.45) is 0 Å². The Kier molecular flexibility index (Phi) is 5.42. The Bertz CT molecular complexity index is 1140. The lowest BCUT2D eigenvalue weighted by Gasteiger charge is -2.29. The summed E-state index contributed by atoms with van der Waals surface area (Å²) in [7, 11) is 0. The van der Waals surface area contributed by atoms with E-state index >= 15 is 0 Å². The van der Waals surface area contributed by atoms with Crippen LogP contribution in [0.4, 0.5) is 0 Å². The third-order valence-corrected chi connectivity index (χ3v) is 5.82. The zero-order valence-electron chi connectivity index (χ0n) is 17.3. The van der Waals surface area contributed by atoms with Crippen molar-refractivity contribution in [1.82, 2.24) is 19.6 Å². The summed E-state index contributed by atoms with van der Waals surface area (Å²) >= 11 is 0. The molecule has 30 heavy (non-hydrogen) atoms. The van der Waals surface area contributed by atoms with E-state index in [0.717, 1.165) is 24.8 Å². The van der Waals surface area contributed by atoms with E-state index in [1.165, 1.54) is 0 Å². The lowest BCUT2D eigenvalue weighted by molar-refractivity contribution is -0.00472. The monoisotopic (exact) mass is 410 g/mol. The highest BCUT2D eigenvalue weighted by molar-refractivity contribution is 5.94. The summed E-state index contributed by atoms with van der Waals surface area (Å²) in [5.74, 6) is -0.625. The molecule has 2 heterocycles. The van der Waals surface area contributed by atoms with Crippen LogP contribution in [0.1, 0.15) is 62.0 Å². The van der Waals surface area contributed by atoms with E-state index in [1.54, 1.807) is 30.1 Å². The molecule has 158 valence electrons. The van der Waals surface area contributed by atoms with Crippen molar-refractivity contribution in [3.8, 4) is 5.69 Å². The van der Waals surface area contributed by atoms with Crippen LogP contribution in [-0.2, 0) is 16.9 Å². The summed E-state index contributed by atoms with van der Waals surface area (Å²) in [6.07, 6.45) is 7.67. The fourth-order valence-corrected chi connectivity index (χ4v) is 4.14. The number of fused-ring (bicyclic) bond motifs is 1. The molecule has 0 atom stereocenters. The minimum atomic E-state index is -0.945. The first-order chi connectivity index (χ1) is 14.5. The van der Waals surface area contributed by atoms with Gasteiger partial charge >= 0.3 is 5.97 Å². The van der Waals surface area contributed by atoms with Gasteiger partial charge in [-0.1, -0.05) is 24.5 Å². The molecule has 0 amide bonds. The molecular formula is C22H26N4O4. The molecule has 0 aliphatic heterocycles. The predicted molar refractivity (Wildman–Crippen MR) is 112 cm³/mol. The van der Waals surface area contributed by atoms with E-state index in [0.29, 0.717) is 36.2 Å². The van der Waals surface area contributed by atoms with Gasteiger partial charge in [-0.05, 0) is 44.9 Å². The smallest absolute Gasteiger partial charge is 0.343 e. The van der Waals surface area contributed by atoms with Crippen LogP contribution in [-0.4, -0.2) is 37.2 Å². The van der Waals surface area contributed by atoms with E-state index in [1.807, 2.05) is 23.6 Å². The molecule has 1 aliphatic rings. The van der Waals surface area contributed by atoms with Gasteiger partial charge in [-0.25, -0.2) is 9.48 Å². The molecule has 1 aromatic carbocycles. The van der Waals surface area contributed by atoms with Crippen molar-refractivity contribution in [3.63, 3.8) is 0 Å². The molecule has 1 N–H and O–H groups in total. The number of aromatic nitrogens is 4. The Balaban J connectivity index is 1.79. The van der Waals surface area contributed by atoms with Gasteiger partial charge < -0.3 is 14.4 Å². The Hall–Kier alpha value is -3.00. The highest BCUT2D eigenvalue weighted by atomic mass is 16.5. The number of ether oxygens (including phenoxy) is 1. The highest BCUT2D eigenvalue weighted by Crippen LogP contribution is 2.35. The van der Waals surface area contributed by atoms with E-state index in [2.05, 4.69) is 10.3 Å². The third-order valence-electron chi connectivity index (χ3n) is 5.82. The average Bonchev–Trinajstić information content (AvgIpc) is 3.26. The summed E-state index contributed by atoms with van der Waals surface area (Å²) in [4.78, 5) is 25.3. The molecule has 8 heteroatoms. The van der Waals surface area contributed by atoms with Gasteiger partial charge in [0.05, 0.1) is 24.0 Å². The van der Waals surface area contributed by atoms with Gasteiger partial charge in [-0.2, -0.15) is 0 Å². The molecule has 4 rings (SSSR count). The van der Waals surface area contributed by atoms with Crippen LogP contribution in [0.15, 0.2) is 35.4 Å². The van der Waals surface area contributed by atoms with Crippen LogP contribution in [0.5, 0.6) is 0 Å². The Morgan fingerprint density at radius 1 is 1.20 bits per heavy atom. The van der Waals surface area contributed by atoms with Crippen LogP contribution in [0.2, 0.25) is 0 Å². The molecule has 0 unspecified atom stereocenters. The van der Waals surface area contributed by atoms with Crippen LogP contribution in [0.25, 0.3) is 16.6 Å². The molecule has 8 nitrogen and oxygen atoms in total. The molecule has 0 saturated heterocycles. The molecule has 2 aromatic heterocycles. The lowest BCUT2D eigenvalue weighted by atomic mass is 9.83. The lowest BCUT2D eigenvalue weighted by Crippen LogP contribution is -2.28. The Labute approximate surface area is 174 Å². The number of benzene rings is 1. The van der Waals surface area contributed by atoms with Gasteiger partial charge in [-0.15, -0.1) is 5.10 Å². The number of carbonyl (C=O) groups excluding carboxylic acids is 1. The number of rotatable bonds is 5. The van der Waals surface area contributed by atoms with Gasteiger partial charge in [0.1, 0.15) is 16.9 Å². The first-order valence-corrected chi connectivity index (χ1v) is 10.5. The molecular weight excluding hydrogens is 384 g/mol. The fourth-order valence-electron chi connectivity index (χ4n) is 4.14. The van der Waals surface area contributed by atoms with Crippen molar-refractivity contribution in [1.29, 1.82) is 0 Å². The quantitative estimate of drug-likeness (QED) is 0.649. The second kappa shape index (κ2) is 8.02. The van der Waals surface area contributed by atoms with Crippen LogP contribution in [0.3, 0.4) is 0 Å². The summed E-state index contributed by atoms with van der Waals surface area (Å²) in [5, 5.41) is 19.7. The van der Waals surface area contributed by atoms with Gasteiger partial charge in [0.2, 0.25) is 5.43 Å². The highest BCUT2D eigenvalue weighted by Gasteiger charge is 2.34. The largest absolute Gasteiger partial charge is 0.462 e. The van der Waals surface area contributed by atoms with Gasteiger partial charge in [0.15, 0.2) is 0 Å². The fraction of sp³-hybridized carbons (Fsp3) is 0.455. The summed E-state index contributed by atoms with van der Waals surface area (Å²) in [5.41, 5.74) is 0.611. The molecule has 3 aromatic rings. The number of pyridine rings is 1. The summed E-state index contributed by atoms with van der Waals surface area (Å²) in [6.45, 7) is 4.45. The number of carbonyl (C=O) groups is 1. The molecule has 0 bridgehead atoms. The number of aryl methyl sites for hydroxylation is 1. The first-order valence-electron chi connectivity index (χ1n) is 10.5. The van der Waals surface area contributed by atoms with Gasteiger partial charge in [0, 0.05) is 18.1 Å². The van der Waals surface area contributed by atoms with E-state index in [-0.39, 0.29) is 17.6 Å². The molecule has 1 saturated carbocycles. The maximum Gasteiger partial charge on any atom is 0.343 e. The second-order valence-electron chi connectivity index (χ2n) is 7.72. The van der Waals surface area contributed by atoms with Gasteiger partial charge in [-0.3, -0.25) is 4.79 Å². The summed E-state index contributed by atoms with van der Waals surface area (Å²) in [6, 6.07) is 5.39. The average molecular weight is 410 g/mol. The number of aliphatic hydroxyl groups is 1. The maximum absolute atomic E-state index is 13.0. The topological polar surface area (TPSA) is 99.2 Å². The molecule has 0 spiro atoms. The minimum absolute atomic E-state index is 0.0131. The normalized spacial score (nSPS) is 16.0. The number of hydrogen-bond donors (Lipinski definition) is 1. The second-order valence-corrected chi connectivity index (χ2v) is 7.72. The standard InChI is InChI=1S/C22H26N4O4/c1-3-25-13-17(21(28)30-4-2)20(27)16-12-15(8-9-18(16)25)26-14-19(23-24-26)22(29)10-6-5-7-11-22/h8-9,12-14,29H,3-7,10-11H2,1-2H3. The number of nitrogens with zero attached hydrogens (tertiary/aromatic N) is 4. The van der Waals surface area contributed by atoms with Crippen molar-refractivity contribution in [2.45, 2.75) is 58.1 Å². The van der Waals surface area contributed by atoms with Crippen molar-refractivity contribution >= 4 is 16.9 Å². The first kappa shape index (κ1) is 20.3.